The fourth-order valence-corrected chi connectivity index (χ4v) is 2.72. The van der Waals surface area contributed by atoms with Gasteiger partial charge in [-0.1, -0.05) is 11.6 Å². The molecule has 0 aliphatic rings. The van der Waals surface area contributed by atoms with E-state index in [2.05, 4.69) is 15.6 Å². The molecule has 0 spiro atoms. The van der Waals surface area contributed by atoms with Gasteiger partial charge in [-0.15, -0.1) is 0 Å². The van der Waals surface area contributed by atoms with Crippen LogP contribution in [0, 0.1) is 6.92 Å². The molecule has 1 heterocycles. The van der Waals surface area contributed by atoms with Crippen molar-refractivity contribution < 1.29 is 18.9 Å². The first kappa shape index (κ1) is 17.8. The van der Waals surface area contributed by atoms with Crippen LogP contribution in [0.3, 0.4) is 0 Å². The zero-order valence-electron chi connectivity index (χ0n) is 14.4. The summed E-state index contributed by atoms with van der Waals surface area (Å²) in [6.07, 6.45) is 0. The number of halogens is 1. The summed E-state index contributed by atoms with van der Waals surface area (Å²) in [6, 6.07) is 10.2. The number of aryl methyl sites for hydroxylation is 1. The first-order valence-electron chi connectivity index (χ1n) is 7.66. The molecule has 1 amide bonds. The largest absolute Gasteiger partial charge is 0.497 e. The molecule has 0 unspecified atom stereocenters. The number of benzene rings is 2. The lowest BCUT2D eigenvalue weighted by Crippen LogP contribution is -2.13. The second-order valence-electron chi connectivity index (χ2n) is 5.45. The number of ether oxygens (including phenoxy) is 2. The molecule has 8 heteroatoms. The van der Waals surface area contributed by atoms with Gasteiger partial charge in [-0.2, -0.15) is 0 Å². The van der Waals surface area contributed by atoms with Crippen LogP contribution >= 0.6 is 11.6 Å². The molecule has 0 bridgehead atoms. The SMILES string of the molecule is COc1ccc(-c2nonc2NC(=O)c2ccc(OC)c(Cl)c2)c(C)c1. The van der Waals surface area contributed by atoms with E-state index in [1.54, 1.807) is 25.3 Å². The van der Waals surface area contributed by atoms with Gasteiger partial charge in [0.2, 0.25) is 5.82 Å². The van der Waals surface area contributed by atoms with Crippen LogP contribution in [0.15, 0.2) is 41.0 Å². The van der Waals surface area contributed by atoms with Crippen LogP contribution in [-0.2, 0) is 0 Å². The Hall–Kier alpha value is -3.06. The predicted molar refractivity (Wildman–Crippen MR) is 97.0 cm³/mol. The Bertz CT molecular complexity index is 955. The summed E-state index contributed by atoms with van der Waals surface area (Å²) in [6.45, 7) is 1.90. The number of amides is 1. The second kappa shape index (κ2) is 7.45. The molecule has 1 N–H and O–H groups in total. The molecule has 0 aliphatic heterocycles. The molecule has 0 saturated carbocycles. The first-order valence-corrected chi connectivity index (χ1v) is 8.03. The van der Waals surface area contributed by atoms with Crippen molar-refractivity contribution in [1.82, 2.24) is 10.3 Å². The number of carbonyl (C=O) groups excluding carboxylic acids is 1. The van der Waals surface area contributed by atoms with Gasteiger partial charge < -0.3 is 14.8 Å². The van der Waals surface area contributed by atoms with Crippen molar-refractivity contribution in [3.8, 4) is 22.8 Å². The van der Waals surface area contributed by atoms with Gasteiger partial charge in [0.1, 0.15) is 11.5 Å². The normalized spacial score (nSPS) is 10.5. The maximum Gasteiger partial charge on any atom is 0.257 e. The number of carbonyl (C=O) groups is 1. The van der Waals surface area contributed by atoms with Crippen molar-refractivity contribution in [3.63, 3.8) is 0 Å². The van der Waals surface area contributed by atoms with Crippen LogP contribution in [0.2, 0.25) is 5.02 Å². The Morgan fingerprint density at radius 3 is 2.58 bits per heavy atom. The van der Waals surface area contributed by atoms with E-state index < -0.39 is 5.91 Å². The quantitative estimate of drug-likeness (QED) is 0.728. The molecule has 3 rings (SSSR count). The van der Waals surface area contributed by atoms with Crippen molar-refractivity contribution in [2.75, 3.05) is 19.5 Å². The lowest BCUT2D eigenvalue weighted by atomic mass is 10.1. The van der Waals surface area contributed by atoms with Gasteiger partial charge in [0.05, 0.1) is 19.2 Å². The molecule has 0 aliphatic carbocycles. The summed E-state index contributed by atoms with van der Waals surface area (Å²) in [5, 5.41) is 10.7. The van der Waals surface area contributed by atoms with Crippen molar-refractivity contribution in [1.29, 1.82) is 0 Å². The van der Waals surface area contributed by atoms with Gasteiger partial charge in [-0.3, -0.25) is 4.79 Å². The molecule has 7 nitrogen and oxygen atoms in total. The maximum absolute atomic E-state index is 12.5. The van der Waals surface area contributed by atoms with Crippen molar-refractivity contribution >= 4 is 23.3 Å². The Balaban J connectivity index is 1.87. The van der Waals surface area contributed by atoms with Gasteiger partial charge in [-0.25, -0.2) is 4.63 Å². The third kappa shape index (κ3) is 3.48. The Morgan fingerprint density at radius 1 is 1.12 bits per heavy atom. The Kier molecular flexibility index (Phi) is 5.09. The number of hydrogen-bond donors (Lipinski definition) is 1. The monoisotopic (exact) mass is 373 g/mol. The number of aromatic nitrogens is 2. The van der Waals surface area contributed by atoms with Gasteiger partial charge in [0.15, 0.2) is 5.69 Å². The van der Waals surface area contributed by atoms with E-state index in [9.17, 15) is 4.79 Å². The molecule has 134 valence electrons. The molecule has 2 aromatic carbocycles. The van der Waals surface area contributed by atoms with Crippen molar-refractivity contribution in [2.45, 2.75) is 6.92 Å². The first-order chi connectivity index (χ1) is 12.5. The molecule has 1 aromatic heterocycles. The lowest BCUT2D eigenvalue weighted by Gasteiger charge is -2.08. The molecule has 0 radical (unpaired) electrons. The zero-order chi connectivity index (χ0) is 18.7. The predicted octanol–water partition coefficient (Wildman–Crippen LogP) is 3.97. The van der Waals surface area contributed by atoms with E-state index in [0.29, 0.717) is 22.0 Å². The highest BCUT2D eigenvalue weighted by Crippen LogP contribution is 2.30. The third-order valence-corrected chi connectivity index (χ3v) is 4.12. The minimum Gasteiger partial charge on any atom is -0.497 e. The summed E-state index contributed by atoms with van der Waals surface area (Å²) >= 11 is 6.07. The summed E-state index contributed by atoms with van der Waals surface area (Å²) in [7, 11) is 3.10. The van der Waals surface area contributed by atoms with Crippen LogP contribution in [0.25, 0.3) is 11.3 Å². The van der Waals surface area contributed by atoms with Gasteiger partial charge in [-0.05, 0) is 59.2 Å². The molecule has 0 fully saturated rings. The summed E-state index contributed by atoms with van der Waals surface area (Å²) < 4.78 is 15.1. The van der Waals surface area contributed by atoms with E-state index in [1.807, 2.05) is 19.1 Å². The minimum absolute atomic E-state index is 0.218. The lowest BCUT2D eigenvalue weighted by molar-refractivity contribution is 0.102. The van der Waals surface area contributed by atoms with Gasteiger partial charge in [0, 0.05) is 11.1 Å². The van der Waals surface area contributed by atoms with E-state index in [1.165, 1.54) is 13.2 Å². The van der Waals surface area contributed by atoms with E-state index >= 15 is 0 Å². The average molecular weight is 374 g/mol. The maximum atomic E-state index is 12.5. The highest BCUT2D eigenvalue weighted by molar-refractivity contribution is 6.32. The zero-order valence-corrected chi connectivity index (χ0v) is 15.1. The van der Waals surface area contributed by atoms with Crippen molar-refractivity contribution in [2.24, 2.45) is 0 Å². The number of nitrogens with one attached hydrogen (secondary N) is 1. The van der Waals surface area contributed by atoms with Crippen LogP contribution in [-0.4, -0.2) is 30.4 Å². The fraction of sp³-hybridized carbons (Fsp3) is 0.167. The highest BCUT2D eigenvalue weighted by atomic mass is 35.5. The molecular weight excluding hydrogens is 358 g/mol. The van der Waals surface area contributed by atoms with E-state index in [4.69, 9.17) is 25.7 Å². The summed E-state index contributed by atoms with van der Waals surface area (Å²) in [4.78, 5) is 12.5. The van der Waals surface area contributed by atoms with E-state index in [0.717, 1.165) is 16.9 Å². The van der Waals surface area contributed by atoms with Crippen LogP contribution < -0.4 is 14.8 Å². The van der Waals surface area contributed by atoms with Crippen LogP contribution in [0.1, 0.15) is 15.9 Å². The average Bonchev–Trinajstić information content (AvgIpc) is 3.09. The number of hydrogen-bond acceptors (Lipinski definition) is 6. The molecule has 0 atom stereocenters. The number of methoxy groups -OCH3 is 2. The number of rotatable bonds is 5. The topological polar surface area (TPSA) is 86.5 Å². The number of anilines is 1. The number of nitrogens with zero attached hydrogens (tertiary/aromatic N) is 2. The molecule has 26 heavy (non-hydrogen) atoms. The minimum atomic E-state index is -0.391. The van der Waals surface area contributed by atoms with Crippen molar-refractivity contribution in [3.05, 3.63) is 52.5 Å². The summed E-state index contributed by atoms with van der Waals surface area (Å²) in [5.41, 5.74) is 2.47. The van der Waals surface area contributed by atoms with Crippen LogP contribution in [0.5, 0.6) is 11.5 Å². The van der Waals surface area contributed by atoms with Crippen LogP contribution in [0.4, 0.5) is 5.82 Å². The van der Waals surface area contributed by atoms with Gasteiger partial charge in [0.25, 0.3) is 5.91 Å². The molecule has 0 saturated heterocycles. The molecule has 3 aromatic rings. The second-order valence-corrected chi connectivity index (χ2v) is 5.85. The summed E-state index contributed by atoms with van der Waals surface area (Å²) in [5.74, 6) is 1.04. The standard InChI is InChI=1S/C18H16ClN3O4/c1-10-8-12(24-2)5-6-13(10)16-17(22-26-21-16)20-18(23)11-4-7-15(25-3)14(19)9-11/h4-9H,1-3H3,(H,20,22,23). The highest BCUT2D eigenvalue weighted by Gasteiger charge is 2.18. The smallest absolute Gasteiger partial charge is 0.257 e. The fourth-order valence-electron chi connectivity index (χ4n) is 2.46. The van der Waals surface area contributed by atoms with Gasteiger partial charge >= 0.3 is 0 Å². The third-order valence-electron chi connectivity index (χ3n) is 3.82. The Morgan fingerprint density at radius 2 is 1.92 bits per heavy atom. The Labute approximate surface area is 154 Å². The van der Waals surface area contributed by atoms with E-state index in [-0.39, 0.29) is 5.82 Å². The molecular formula is C18H16ClN3O4.